The Morgan fingerprint density at radius 3 is 2.31 bits per heavy atom. The van der Waals surface area contributed by atoms with Crippen molar-refractivity contribution in [3.05, 3.63) is 51.9 Å². The Bertz CT molecular complexity index is 1080. The fourth-order valence-corrected chi connectivity index (χ4v) is 2.91. The Kier molecular flexibility index (Phi) is 5.19. The van der Waals surface area contributed by atoms with Crippen molar-refractivity contribution in [3.8, 4) is 5.75 Å². The number of ether oxygens (including phenoxy) is 1. The molecular weight excluding hydrogens is 474 g/mol. The van der Waals surface area contributed by atoms with Crippen molar-refractivity contribution in [2.24, 2.45) is 0 Å². The maximum Gasteiger partial charge on any atom is 0.573 e. The van der Waals surface area contributed by atoms with Gasteiger partial charge in [0.25, 0.3) is 5.91 Å². The van der Waals surface area contributed by atoms with Gasteiger partial charge in [0, 0.05) is 11.4 Å². The number of carbonyl (C=O) groups excluding carboxylic acids is 1. The number of aryl methyl sites for hydroxylation is 1. The van der Waals surface area contributed by atoms with Gasteiger partial charge >= 0.3 is 12.5 Å². The molecule has 154 valence electrons. The number of halogens is 7. The van der Waals surface area contributed by atoms with Gasteiger partial charge in [0.05, 0.1) is 4.47 Å². The Morgan fingerprint density at radius 1 is 1.14 bits per heavy atom. The zero-order valence-corrected chi connectivity index (χ0v) is 15.8. The van der Waals surface area contributed by atoms with Gasteiger partial charge in [-0.05, 0) is 53.2 Å². The number of hydrogen-bond acceptors (Lipinski definition) is 4. The summed E-state index contributed by atoms with van der Waals surface area (Å²) in [5, 5.41) is 6.02. The molecule has 0 atom stereocenters. The van der Waals surface area contributed by atoms with Crippen LogP contribution in [-0.4, -0.2) is 26.9 Å². The molecule has 0 aliphatic carbocycles. The molecule has 0 unspecified atom stereocenters. The number of benzene rings is 1. The van der Waals surface area contributed by atoms with Crippen LogP contribution in [0, 0.1) is 6.92 Å². The number of carbonyl (C=O) groups is 1. The maximum absolute atomic E-state index is 13.2. The lowest BCUT2D eigenvalue weighted by atomic mass is 10.3. The van der Waals surface area contributed by atoms with Crippen LogP contribution >= 0.6 is 15.9 Å². The average molecular weight is 483 g/mol. The molecule has 0 spiro atoms. The van der Waals surface area contributed by atoms with Crippen molar-refractivity contribution in [3.63, 3.8) is 0 Å². The Hall–Kier alpha value is -2.83. The number of anilines is 1. The molecule has 2 aromatic heterocycles. The number of alkyl halides is 6. The zero-order chi connectivity index (χ0) is 21.6. The van der Waals surface area contributed by atoms with Crippen LogP contribution in [0.1, 0.15) is 21.9 Å². The summed E-state index contributed by atoms with van der Waals surface area (Å²) < 4.78 is 80.4. The number of nitrogens with one attached hydrogen (secondary N) is 1. The van der Waals surface area contributed by atoms with Crippen molar-refractivity contribution in [1.82, 2.24) is 14.6 Å². The van der Waals surface area contributed by atoms with Crippen LogP contribution in [0.4, 0.5) is 32.0 Å². The van der Waals surface area contributed by atoms with Crippen LogP contribution in [0.15, 0.2) is 34.8 Å². The first-order chi connectivity index (χ1) is 13.3. The van der Waals surface area contributed by atoms with E-state index >= 15 is 0 Å². The van der Waals surface area contributed by atoms with Gasteiger partial charge in [-0.25, -0.2) is 9.50 Å². The fraction of sp³-hybridized carbons (Fsp3) is 0.188. The Labute approximate surface area is 166 Å². The summed E-state index contributed by atoms with van der Waals surface area (Å²) in [6, 6.07) is 4.98. The van der Waals surface area contributed by atoms with Gasteiger partial charge in [-0.2, -0.15) is 18.3 Å². The third-order valence-electron chi connectivity index (χ3n) is 3.51. The van der Waals surface area contributed by atoms with Gasteiger partial charge in [-0.3, -0.25) is 4.79 Å². The Balaban J connectivity index is 1.91. The lowest BCUT2D eigenvalue weighted by Gasteiger charge is -2.09. The number of fused-ring (bicyclic) bond motifs is 1. The van der Waals surface area contributed by atoms with Crippen LogP contribution in [-0.2, 0) is 6.18 Å². The summed E-state index contributed by atoms with van der Waals surface area (Å²) in [5.41, 5.74) is -1.57. The van der Waals surface area contributed by atoms with Gasteiger partial charge < -0.3 is 10.1 Å². The molecule has 0 saturated carbocycles. The smallest absolute Gasteiger partial charge is 0.406 e. The molecule has 0 radical (unpaired) electrons. The minimum absolute atomic E-state index is 0.0673. The Morgan fingerprint density at radius 2 is 1.76 bits per heavy atom. The second-order valence-corrected chi connectivity index (χ2v) is 6.50. The molecule has 0 saturated heterocycles. The molecule has 1 aromatic carbocycles. The van der Waals surface area contributed by atoms with Crippen molar-refractivity contribution < 1.29 is 35.9 Å². The van der Waals surface area contributed by atoms with Gasteiger partial charge in [0.15, 0.2) is 11.3 Å². The van der Waals surface area contributed by atoms with E-state index in [0.717, 1.165) is 30.3 Å². The molecule has 0 aliphatic rings. The van der Waals surface area contributed by atoms with Crippen molar-refractivity contribution in [1.29, 1.82) is 0 Å². The second-order valence-electron chi connectivity index (χ2n) is 5.70. The molecule has 6 nitrogen and oxygen atoms in total. The zero-order valence-electron chi connectivity index (χ0n) is 14.2. The van der Waals surface area contributed by atoms with E-state index in [9.17, 15) is 31.1 Å². The molecule has 0 aliphatic heterocycles. The summed E-state index contributed by atoms with van der Waals surface area (Å²) in [4.78, 5) is 16.4. The first-order valence-corrected chi connectivity index (χ1v) is 8.44. The lowest BCUT2D eigenvalue weighted by Crippen LogP contribution is -2.17. The van der Waals surface area contributed by atoms with Crippen molar-refractivity contribution in [2.75, 3.05) is 5.32 Å². The average Bonchev–Trinajstić information content (AvgIpc) is 2.91. The van der Waals surface area contributed by atoms with Gasteiger partial charge in [0.1, 0.15) is 11.4 Å². The lowest BCUT2D eigenvalue weighted by molar-refractivity contribution is -0.274. The van der Waals surface area contributed by atoms with E-state index in [1.807, 2.05) is 0 Å². The minimum Gasteiger partial charge on any atom is -0.406 e. The highest BCUT2D eigenvalue weighted by Gasteiger charge is 2.36. The second kappa shape index (κ2) is 7.21. The quantitative estimate of drug-likeness (QED) is 0.535. The third kappa shape index (κ3) is 4.60. The standard InChI is InChI=1S/C16H9BrF6N4O2/c1-7-6-10(15(18,19)20)27-13(24-7)11(17)12(26-27)14(28)25-8-2-4-9(5-3-8)29-16(21,22)23/h2-6H,1H3,(H,25,28). The van der Waals surface area contributed by atoms with Gasteiger partial charge in [-0.1, -0.05) is 0 Å². The number of hydrogen-bond donors (Lipinski definition) is 1. The van der Waals surface area contributed by atoms with Gasteiger partial charge in [0.2, 0.25) is 0 Å². The number of rotatable bonds is 3. The molecule has 1 N–H and O–H groups in total. The van der Waals surface area contributed by atoms with Crippen molar-refractivity contribution in [2.45, 2.75) is 19.5 Å². The molecule has 1 amide bonds. The van der Waals surface area contributed by atoms with E-state index in [0.29, 0.717) is 4.52 Å². The van der Waals surface area contributed by atoms with Crippen LogP contribution < -0.4 is 10.1 Å². The number of nitrogens with zero attached hydrogens (tertiary/aromatic N) is 3. The normalized spacial score (nSPS) is 12.3. The third-order valence-corrected chi connectivity index (χ3v) is 4.24. The maximum atomic E-state index is 13.2. The van der Waals surface area contributed by atoms with Crippen LogP contribution in [0.5, 0.6) is 5.75 Å². The number of aromatic nitrogens is 3. The van der Waals surface area contributed by atoms with E-state index in [4.69, 9.17) is 0 Å². The van der Waals surface area contributed by atoms with Gasteiger partial charge in [-0.15, -0.1) is 13.2 Å². The van der Waals surface area contributed by atoms with Crippen molar-refractivity contribution >= 4 is 33.2 Å². The topological polar surface area (TPSA) is 68.5 Å². The predicted octanol–water partition coefficient (Wildman–Crippen LogP) is 4.97. The molecular formula is C16H9BrF6N4O2. The predicted molar refractivity (Wildman–Crippen MR) is 91.5 cm³/mol. The van der Waals surface area contributed by atoms with E-state index in [1.54, 1.807) is 0 Å². The van der Waals surface area contributed by atoms with E-state index in [1.165, 1.54) is 6.92 Å². The van der Waals surface area contributed by atoms with E-state index in [2.05, 4.69) is 36.1 Å². The minimum atomic E-state index is -4.87. The largest absolute Gasteiger partial charge is 0.573 e. The van der Waals surface area contributed by atoms with Crippen LogP contribution in [0.25, 0.3) is 5.65 Å². The fourth-order valence-electron chi connectivity index (χ4n) is 2.39. The highest BCUT2D eigenvalue weighted by atomic mass is 79.9. The van der Waals surface area contributed by atoms with Crippen LogP contribution in [0.3, 0.4) is 0 Å². The monoisotopic (exact) mass is 482 g/mol. The molecule has 3 aromatic rings. The molecule has 29 heavy (non-hydrogen) atoms. The summed E-state index contributed by atoms with van der Waals surface area (Å²) in [7, 11) is 0. The SMILES string of the molecule is Cc1cc(C(F)(F)F)n2nc(C(=O)Nc3ccc(OC(F)(F)F)cc3)c(Br)c2n1. The summed E-state index contributed by atoms with van der Waals surface area (Å²) in [6.07, 6.45) is -9.60. The molecule has 2 heterocycles. The molecule has 13 heteroatoms. The van der Waals surface area contributed by atoms with E-state index in [-0.39, 0.29) is 27.2 Å². The molecule has 3 rings (SSSR count). The van der Waals surface area contributed by atoms with E-state index < -0.39 is 29.9 Å². The number of amides is 1. The molecule has 0 fully saturated rings. The first-order valence-electron chi connectivity index (χ1n) is 7.65. The summed E-state index contributed by atoms with van der Waals surface area (Å²) >= 11 is 3.03. The summed E-state index contributed by atoms with van der Waals surface area (Å²) in [5.74, 6) is -1.39. The summed E-state index contributed by atoms with van der Waals surface area (Å²) in [6.45, 7) is 1.36. The highest BCUT2D eigenvalue weighted by molar-refractivity contribution is 9.10. The first kappa shape index (κ1) is 20.9. The highest BCUT2D eigenvalue weighted by Crippen LogP contribution is 2.32. The molecule has 0 bridgehead atoms. The van der Waals surface area contributed by atoms with Crippen LogP contribution in [0.2, 0.25) is 0 Å².